The lowest BCUT2D eigenvalue weighted by atomic mass is 10.3. The van der Waals surface area contributed by atoms with Crippen molar-refractivity contribution < 1.29 is 4.79 Å². The van der Waals surface area contributed by atoms with Gasteiger partial charge in [0.1, 0.15) is 11.3 Å². The zero-order chi connectivity index (χ0) is 13.3. The molecule has 2 aromatic rings. The smallest absolute Gasteiger partial charge is 0.219 e. The highest BCUT2D eigenvalue weighted by atomic mass is 79.9. The SMILES string of the molecule is CC(Cl)c1nc2cc(Br)cnc2n1CCC(N)=O. The average molecular weight is 332 g/mol. The Bertz CT molecular complexity index is 596. The van der Waals surface area contributed by atoms with E-state index in [-0.39, 0.29) is 17.7 Å². The molecule has 0 fully saturated rings. The molecular weight excluding hydrogens is 320 g/mol. The molecule has 2 N–H and O–H groups in total. The maximum Gasteiger partial charge on any atom is 0.219 e. The van der Waals surface area contributed by atoms with Crippen LogP contribution in [0.3, 0.4) is 0 Å². The fourth-order valence-electron chi connectivity index (χ4n) is 1.75. The Morgan fingerprint density at radius 2 is 2.39 bits per heavy atom. The highest BCUT2D eigenvalue weighted by Gasteiger charge is 2.16. The fraction of sp³-hybridized carbons (Fsp3) is 0.364. The van der Waals surface area contributed by atoms with Gasteiger partial charge in [0, 0.05) is 23.6 Å². The summed E-state index contributed by atoms with van der Waals surface area (Å²) in [5.41, 5.74) is 6.63. The number of aromatic nitrogens is 3. The lowest BCUT2D eigenvalue weighted by Crippen LogP contribution is -2.15. The summed E-state index contributed by atoms with van der Waals surface area (Å²) in [6.07, 6.45) is 1.92. The van der Waals surface area contributed by atoms with E-state index in [0.717, 1.165) is 9.99 Å². The van der Waals surface area contributed by atoms with E-state index in [9.17, 15) is 4.79 Å². The van der Waals surface area contributed by atoms with Gasteiger partial charge in [0.2, 0.25) is 5.91 Å². The number of carbonyl (C=O) groups is 1. The summed E-state index contributed by atoms with van der Waals surface area (Å²) in [6, 6.07) is 1.87. The minimum Gasteiger partial charge on any atom is -0.370 e. The summed E-state index contributed by atoms with van der Waals surface area (Å²) in [4.78, 5) is 19.6. The van der Waals surface area contributed by atoms with Crippen molar-refractivity contribution in [2.45, 2.75) is 25.3 Å². The van der Waals surface area contributed by atoms with Gasteiger partial charge in [-0.1, -0.05) is 0 Å². The number of primary amides is 1. The standard InChI is InChI=1S/C11H12BrClN4O/c1-6(13)10-16-8-4-7(12)5-15-11(8)17(10)3-2-9(14)18/h4-6H,2-3H2,1H3,(H2,14,18). The molecular formula is C11H12BrClN4O. The van der Waals surface area contributed by atoms with Crippen molar-refractivity contribution in [1.82, 2.24) is 14.5 Å². The summed E-state index contributed by atoms with van der Waals surface area (Å²) in [5.74, 6) is 0.334. The second kappa shape index (κ2) is 5.24. The van der Waals surface area contributed by atoms with E-state index in [1.807, 2.05) is 17.6 Å². The number of halogens is 2. The molecule has 0 aromatic carbocycles. The van der Waals surface area contributed by atoms with Gasteiger partial charge in [0.15, 0.2) is 5.65 Å². The van der Waals surface area contributed by atoms with E-state index in [1.165, 1.54) is 0 Å². The molecule has 2 aromatic heterocycles. The average Bonchev–Trinajstić information content (AvgIpc) is 2.64. The van der Waals surface area contributed by atoms with Crippen LogP contribution in [0.25, 0.3) is 11.2 Å². The van der Waals surface area contributed by atoms with E-state index in [1.54, 1.807) is 6.20 Å². The zero-order valence-corrected chi connectivity index (χ0v) is 12.1. The highest BCUT2D eigenvalue weighted by Crippen LogP contribution is 2.25. The van der Waals surface area contributed by atoms with Crippen molar-refractivity contribution in [3.05, 3.63) is 22.6 Å². The topological polar surface area (TPSA) is 73.8 Å². The van der Waals surface area contributed by atoms with E-state index >= 15 is 0 Å². The minimum absolute atomic E-state index is 0.236. The number of fused-ring (bicyclic) bond motifs is 1. The maximum atomic E-state index is 10.9. The molecule has 1 atom stereocenters. The van der Waals surface area contributed by atoms with Crippen LogP contribution in [-0.4, -0.2) is 20.4 Å². The van der Waals surface area contributed by atoms with Crippen LogP contribution in [0.5, 0.6) is 0 Å². The van der Waals surface area contributed by atoms with Gasteiger partial charge in [-0.2, -0.15) is 0 Å². The number of amides is 1. The van der Waals surface area contributed by atoms with Crippen LogP contribution in [0.2, 0.25) is 0 Å². The third-order valence-corrected chi connectivity index (χ3v) is 3.15. The number of carbonyl (C=O) groups excluding carboxylic acids is 1. The van der Waals surface area contributed by atoms with Crippen molar-refractivity contribution in [2.75, 3.05) is 0 Å². The molecule has 1 amide bonds. The van der Waals surface area contributed by atoms with Gasteiger partial charge in [0.05, 0.1) is 5.38 Å². The van der Waals surface area contributed by atoms with Crippen LogP contribution < -0.4 is 5.73 Å². The van der Waals surface area contributed by atoms with E-state index in [2.05, 4.69) is 25.9 Å². The van der Waals surface area contributed by atoms with Gasteiger partial charge in [-0.25, -0.2) is 9.97 Å². The van der Waals surface area contributed by atoms with Crippen LogP contribution in [0.15, 0.2) is 16.7 Å². The molecule has 2 rings (SSSR count). The Labute approximate surface area is 117 Å². The van der Waals surface area contributed by atoms with Crippen molar-refractivity contribution in [3.63, 3.8) is 0 Å². The largest absolute Gasteiger partial charge is 0.370 e. The van der Waals surface area contributed by atoms with Gasteiger partial charge < -0.3 is 10.3 Å². The van der Waals surface area contributed by atoms with Crippen LogP contribution in [0.1, 0.15) is 24.5 Å². The first-order valence-corrected chi connectivity index (χ1v) is 6.66. The van der Waals surface area contributed by atoms with Crippen molar-refractivity contribution in [3.8, 4) is 0 Å². The summed E-state index contributed by atoms with van der Waals surface area (Å²) in [6.45, 7) is 2.27. The molecule has 7 heteroatoms. The third kappa shape index (κ3) is 2.64. The van der Waals surface area contributed by atoms with E-state index in [0.29, 0.717) is 18.0 Å². The van der Waals surface area contributed by atoms with Crippen LogP contribution in [-0.2, 0) is 11.3 Å². The molecule has 0 aliphatic carbocycles. The third-order valence-electron chi connectivity index (χ3n) is 2.52. The minimum atomic E-state index is -0.359. The first kappa shape index (κ1) is 13.3. The van der Waals surface area contributed by atoms with Crippen molar-refractivity contribution in [2.24, 2.45) is 5.73 Å². The molecule has 18 heavy (non-hydrogen) atoms. The quantitative estimate of drug-likeness (QED) is 0.874. The first-order chi connectivity index (χ1) is 8.49. The number of rotatable bonds is 4. The molecule has 0 radical (unpaired) electrons. The molecule has 0 aliphatic heterocycles. The number of imidazole rings is 1. The highest BCUT2D eigenvalue weighted by molar-refractivity contribution is 9.10. The molecule has 96 valence electrons. The molecule has 2 heterocycles. The Balaban J connectivity index is 2.52. The Kier molecular flexibility index (Phi) is 3.87. The molecule has 1 unspecified atom stereocenters. The number of nitrogens with zero attached hydrogens (tertiary/aromatic N) is 3. The summed E-state index contributed by atoms with van der Waals surface area (Å²) in [7, 11) is 0. The van der Waals surface area contributed by atoms with Gasteiger partial charge in [-0.15, -0.1) is 11.6 Å². The van der Waals surface area contributed by atoms with Crippen molar-refractivity contribution >= 4 is 44.6 Å². The van der Waals surface area contributed by atoms with E-state index in [4.69, 9.17) is 17.3 Å². The molecule has 0 aliphatic rings. The zero-order valence-electron chi connectivity index (χ0n) is 9.73. The predicted octanol–water partition coefficient (Wildman–Crippen LogP) is 2.37. The van der Waals surface area contributed by atoms with Crippen LogP contribution >= 0.6 is 27.5 Å². The monoisotopic (exact) mass is 330 g/mol. The maximum absolute atomic E-state index is 10.9. The molecule has 0 saturated heterocycles. The van der Waals surface area contributed by atoms with Gasteiger partial charge in [-0.3, -0.25) is 4.79 Å². The number of alkyl halides is 1. The van der Waals surface area contributed by atoms with Crippen molar-refractivity contribution in [1.29, 1.82) is 0 Å². The lowest BCUT2D eigenvalue weighted by molar-refractivity contribution is -0.118. The Hall–Kier alpha value is -1.14. The molecule has 5 nitrogen and oxygen atoms in total. The van der Waals surface area contributed by atoms with Gasteiger partial charge in [-0.05, 0) is 28.9 Å². The number of hydrogen-bond donors (Lipinski definition) is 1. The summed E-state index contributed by atoms with van der Waals surface area (Å²) in [5, 5.41) is -0.258. The predicted molar refractivity (Wildman–Crippen MR) is 73.3 cm³/mol. The normalized spacial score (nSPS) is 12.8. The lowest BCUT2D eigenvalue weighted by Gasteiger charge is -2.08. The number of hydrogen-bond acceptors (Lipinski definition) is 3. The second-order valence-corrected chi connectivity index (χ2v) is 5.52. The number of pyridine rings is 1. The number of aryl methyl sites for hydroxylation is 1. The molecule has 0 bridgehead atoms. The van der Waals surface area contributed by atoms with Crippen LogP contribution in [0, 0.1) is 0 Å². The van der Waals surface area contributed by atoms with Gasteiger partial charge in [0.25, 0.3) is 0 Å². The molecule has 0 saturated carbocycles. The van der Waals surface area contributed by atoms with Gasteiger partial charge >= 0.3 is 0 Å². The summed E-state index contributed by atoms with van der Waals surface area (Å²) >= 11 is 9.44. The Morgan fingerprint density at radius 1 is 1.67 bits per heavy atom. The first-order valence-electron chi connectivity index (χ1n) is 5.43. The van der Waals surface area contributed by atoms with E-state index < -0.39 is 0 Å². The molecule has 0 spiro atoms. The van der Waals surface area contributed by atoms with Crippen LogP contribution in [0.4, 0.5) is 0 Å². The summed E-state index contributed by atoms with van der Waals surface area (Å²) < 4.78 is 2.69. The number of nitrogens with two attached hydrogens (primary N) is 1. The second-order valence-electron chi connectivity index (χ2n) is 3.95. The Morgan fingerprint density at radius 3 is 3.00 bits per heavy atom. The fourth-order valence-corrected chi connectivity index (χ4v) is 2.24.